The number of ether oxygens (including phenoxy) is 3. The summed E-state index contributed by atoms with van der Waals surface area (Å²) >= 11 is 5.85. The third kappa shape index (κ3) is 6.23. The van der Waals surface area contributed by atoms with E-state index >= 15 is 0 Å². The summed E-state index contributed by atoms with van der Waals surface area (Å²) in [6, 6.07) is 8.24. The van der Waals surface area contributed by atoms with E-state index in [0.717, 1.165) is 6.07 Å². The van der Waals surface area contributed by atoms with Gasteiger partial charge in [-0.3, -0.25) is 4.79 Å². The minimum absolute atomic E-state index is 0.0525. The summed E-state index contributed by atoms with van der Waals surface area (Å²) in [5.41, 5.74) is 0.592. The van der Waals surface area contributed by atoms with E-state index in [1.165, 1.54) is 36.3 Å². The number of hydrogen-bond donors (Lipinski definition) is 0. The van der Waals surface area contributed by atoms with Gasteiger partial charge >= 0.3 is 6.61 Å². The van der Waals surface area contributed by atoms with Crippen LogP contribution in [0.4, 0.5) is 13.2 Å². The first-order chi connectivity index (χ1) is 13.3. The largest absolute Gasteiger partial charge is 0.493 e. The maximum absolute atomic E-state index is 13.0. The lowest BCUT2D eigenvalue weighted by molar-refractivity contribution is -0.130. The summed E-state index contributed by atoms with van der Waals surface area (Å²) in [4.78, 5) is 13.7. The van der Waals surface area contributed by atoms with E-state index in [2.05, 4.69) is 4.74 Å². The molecule has 0 spiro atoms. The number of amides is 1. The van der Waals surface area contributed by atoms with Crippen LogP contribution in [0.5, 0.6) is 17.2 Å². The molecule has 2 aromatic rings. The van der Waals surface area contributed by atoms with Crippen LogP contribution in [0.3, 0.4) is 0 Å². The van der Waals surface area contributed by atoms with Crippen LogP contribution in [0.2, 0.25) is 5.02 Å². The second kappa shape index (κ2) is 10.1. The number of nitrogens with zero attached hydrogens (tertiary/aromatic N) is 1. The number of carbonyl (C=O) groups excluding carboxylic acids is 1. The topological polar surface area (TPSA) is 48.0 Å². The fourth-order valence-corrected chi connectivity index (χ4v) is 2.62. The molecule has 0 bridgehead atoms. The van der Waals surface area contributed by atoms with Crippen molar-refractivity contribution in [2.24, 2.45) is 0 Å². The summed E-state index contributed by atoms with van der Waals surface area (Å²) in [5, 5.41) is 0.116. The van der Waals surface area contributed by atoms with Gasteiger partial charge in [-0.05, 0) is 35.9 Å². The van der Waals surface area contributed by atoms with Gasteiger partial charge in [0, 0.05) is 13.6 Å². The number of alkyl halides is 2. The van der Waals surface area contributed by atoms with Gasteiger partial charge in [-0.2, -0.15) is 8.78 Å². The molecule has 152 valence electrons. The van der Waals surface area contributed by atoms with Crippen LogP contribution in [0.1, 0.15) is 12.0 Å². The van der Waals surface area contributed by atoms with Crippen LogP contribution < -0.4 is 14.2 Å². The summed E-state index contributed by atoms with van der Waals surface area (Å²) in [6.45, 7) is -2.75. The van der Waals surface area contributed by atoms with Crippen LogP contribution in [-0.4, -0.2) is 38.2 Å². The van der Waals surface area contributed by atoms with E-state index in [0.29, 0.717) is 5.56 Å². The average Bonchev–Trinajstić information content (AvgIpc) is 2.63. The van der Waals surface area contributed by atoms with Gasteiger partial charge < -0.3 is 19.1 Å². The zero-order valence-electron chi connectivity index (χ0n) is 15.3. The van der Waals surface area contributed by atoms with E-state index in [9.17, 15) is 18.0 Å². The van der Waals surface area contributed by atoms with Gasteiger partial charge in [-0.25, -0.2) is 4.39 Å². The summed E-state index contributed by atoms with van der Waals surface area (Å²) in [5.74, 6) is -0.372. The lowest BCUT2D eigenvalue weighted by atomic mass is 10.2. The van der Waals surface area contributed by atoms with Crippen LogP contribution in [0.15, 0.2) is 36.4 Å². The second-order valence-corrected chi connectivity index (χ2v) is 6.19. The molecule has 0 radical (unpaired) electrons. The van der Waals surface area contributed by atoms with Crippen LogP contribution >= 0.6 is 11.6 Å². The summed E-state index contributed by atoms with van der Waals surface area (Å²) in [6.07, 6.45) is 0.0563. The zero-order valence-corrected chi connectivity index (χ0v) is 16.0. The fourth-order valence-electron chi connectivity index (χ4n) is 2.40. The molecule has 0 saturated heterocycles. The Balaban J connectivity index is 1.91. The van der Waals surface area contributed by atoms with Gasteiger partial charge in [0.05, 0.1) is 25.2 Å². The molecular formula is C19H19ClF3NO4. The van der Waals surface area contributed by atoms with Crippen molar-refractivity contribution in [1.82, 2.24) is 4.90 Å². The minimum Gasteiger partial charge on any atom is -0.493 e. The van der Waals surface area contributed by atoms with Gasteiger partial charge in [-0.15, -0.1) is 0 Å². The minimum atomic E-state index is -2.99. The van der Waals surface area contributed by atoms with Gasteiger partial charge in [-0.1, -0.05) is 17.7 Å². The number of benzene rings is 2. The molecule has 28 heavy (non-hydrogen) atoms. The molecule has 0 heterocycles. The number of halogens is 4. The third-order valence-corrected chi connectivity index (χ3v) is 4.05. The molecule has 0 aliphatic heterocycles. The molecule has 0 N–H and O–H groups in total. The Morgan fingerprint density at radius 1 is 1.14 bits per heavy atom. The van der Waals surface area contributed by atoms with Crippen molar-refractivity contribution in [3.63, 3.8) is 0 Å². The Kier molecular flexibility index (Phi) is 7.80. The van der Waals surface area contributed by atoms with Crippen molar-refractivity contribution in [3.8, 4) is 17.2 Å². The molecule has 0 aromatic heterocycles. The van der Waals surface area contributed by atoms with Crippen LogP contribution in [0.25, 0.3) is 0 Å². The Morgan fingerprint density at radius 3 is 2.50 bits per heavy atom. The van der Waals surface area contributed by atoms with E-state index in [4.69, 9.17) is 21.1 Å². The monoisotopic (exact) mass is 417 g/mol. The normalized spacial score (nSPS) is 10.7. The Morgan fingerprint density at radius 2 is 1.86 bits per heavy atom. The van der Waals surface area contributed by atoms with E-state index in [1.54, 1.807) is 13.1 Å². The summed E-state index contributed by atoms with van der Waals surface area (Å²) < 4.78 is 52.8. The smallest absolute Gasteiger partial charge is 0.387 e. The van der Waals surface area contributed by atoms with E-state index in [1.807, 2.05) is 0 Å². The molecule has 0 aliphatic rings. The molecule has 5 nitrogen and oxygen atoms in total. The predicted molar refractivity (Wildman–Crippen MR) is 97.6 cm³/mol. The third-order valence-electron chi connectivity index (χ3n) is 3.76. The van der Waals surface area contributed by atoms with Crippen molar-refractivity contribution in [2.75, 3.05) is 20.8 Å². The molecule has 2 aromatic carbocycles. The Bertz CT molecular complexity index is 820. The molecular weight excluding hydrogens is 399 g/mol. The highest BCUT2D eigenvalue weighted by Gasteiger charge is 2.14. The lowest BCUT2D eigenvalue weighted by Crippen LogP contribution is -2.27. The van der Waals surface area contributed by atoms with Gasteiger partial charge in [0.1, 0.15) is 11.6 Å². The maximum Gasteiger partial charge on any atom is 0.387 e. The highest BCUT2D eigenvalue weighted by molar-refractivity contribution is 6.32. The molecule has 1 amide bonds. The SMILES string of the molecule is COc1ccc(CN(C)C(=O)CCOc2ccc(F)cc2Cl)cc1OC(F)F. The number of rotatable bonds is 9. The van der Waals surface area contributed by atoms with Crippen LogP contribution in [0, 0.1) is 5.82 Å². The standard InChI is InChI=1S/C19H19ClF3NO4/c1-24(11-12-3-5-16(26-2)17(9-12)28-19(22)23)18(25)7-8-27-15-6-4-13(21)10-14(15)20/h3-6,9-10,19H,7-8,11H2,1-2H3. The molecule has 2 rings (SSSR count). The number of carbonyl (C=O) groups is 1. The van der Waals surface area contributed by atoms with Crippen molar-refractivity contribution in [3.05, 3.63) is 52.8 Å². The first kappa shape index (κ1) is 21.7. The summed E-state index contributed by atoms with van der Waals surface area (Å²) in [7, 11) is 2.92. The fraction of sp³-hybridized carbons (Fsp3) is 0.316. The second-order valence-electron chi connectivity index (χ2n) is 5.79. The lowest BCUT2D eigenvalue weighted by Gasteiger charge is -2.19. The zero-order chi connectivity index (χ0) is 20.7. The van der Waals surface area contributed by atoms with Crippen molar-refractivity contribution >= 4 is 17.5 Å². The Hall–Kier alpha value is -2.61. The van der Waals surface area contributed by atoms with E-state index < -0.39 is 12.4 Å². The quantitative estimate of drug-likeness (QED) is 0.602. The van der Waals surface area contributed by atoms with Crippen molar-refractivity contribution < 1.29 is 32.2 Å². The van der Waals surface area contributed by atoms with Crippen molar-refractivity contribution in [2.45, 2.75) is 19.6 Å². The molecule has 0 fully saturated rings. The van der Waals surface area contributed by atoms with Gasteiger partial charge in [0.15, 0.2) is 11.5 Å². The predicted octanol–water partition coefficient (Wildman–Crippen LogP) is 4.52. The molecule has 0 saturated carbocycles. The first-order valence-electron chi connectivity index (χ1n) is 8.23. The van der Waals surface area contributed by atoms with Gasteiger partial charge in [0.25, 0.3) is 0 Å². The first-order valence-corrected chi connectivity index (χ1v) is 8.61. The number of methoxy groups -OCH3 is 1. The molecule has 0 atom stereocenters. The highest BCUT2D eigenvalue weighted by atomic mass is 35.5. The van der Waals surface area contributed by atoms with E-state index in [-0.39, 0.29) is 47.8 Å². The molecule has 0 unspecified atom stereocenters. The Labute approximate surface area is 165 Å². The van der Waals surface area contributed by atoms with Gasteiger partial charge in [0.2, 0.25) is 5.91 Å². The van der Waals surface area contributed by atoms with Crippen molar-refractivity contribution in [1.29, 1.82) is 0 Å². The molecule has 9 heteroatoms. The highest BCUT2D eigenvalue weighted by Crippen LogP contribution is 2.30. The number of hydrogen-bond acceptors (Lipinski definition) is 4. The maximum atomic E-state index is 13.0. The average molecular weight is 418 g/mol. The van der Waals surface area contributed by atoms with Crippen LogP contribution in [-0.2, 0) is 11.3 Å². The molecule has 0 aliphatic carbocycles.